The Bertz CT molecular complexity index is 2100. The predicted molar refractivity (Wildman–Crippen MR) is 184 cm³/mol. The Morgan fingerprint density at radius 2 is 1.78 bits per heavy atom. The first kappa shape index (κ1) is 38.7. The Kier molecular flexibility index (Phi) is 10.8. The van der Waals surface area contributed by atoms with Crippen molar-refractivity contribution in [3.8, 4) is 17.6 Å². The van der Waals surface area contributed by atoms with E-state index in [4.69, 9.17) is 19.5 Å². The van der Waals surface area contributed by atoms with E-state index < -0.39 is 70.2 Å². The SMILES string of the molecule is CC1(C)CN(Cc2ccc(NCCOCCOc3cccc4c3C(=O)N(C3CCC(=O)NC3=O)C4=O)cc2F)C(=O)C1Oc1ccc(C#N)c(C(F)(F)F)c1. The van der Waals surface area contributed by atoms with Crippen LogP contribution < -0.4 is 20.1 Å². The van der Waals surface area contributed by atoms with Gasteiger partial charge in [-0.15, -0.1) is 0 Å². The van der Waals surface area contributed by atoms with Crippen molar-refractivity contribution in [2.24, 2.45) is 5.41 Å². The molecule has 55 heavy (non-hydrogen) atoms. The number of alkyl halides is 3. The lowest BCUT2D eigenvalue weighted by molar-refractivity contribution is -0.138. The van der Waals surface area contributed by atoms with Crippen LogP contribution >= 0.6 is 0 Å². The molecule has 3 aliphatic rings. The van der Waals surface area contributed by atoms with E-state index in [0.29, 0.717) is 11.8 Å². The van der Waals surface area contributed by atoms with Gasteiger partial charge in [-0.05, 0) is 48.9 Å². The molecule has 2 fully saturated rings. The number of likely N-dealkylation sites (tertiary alicyclic amines) is 1. The van der Waals surface area contributed by atoms with Gasteiger partial charge in [0, 0.05) is 42.7 Å². The van der Waals surface area contributed by atoms with Gasteiger partial charge < -0.3 is 24.4 Å². The van der Waals surface area contributed by atoms with E-state index in [2.05, 4.69) is 10.6 Å². The monoisotopic (exact) mass is 765 g/mol. The summed E-state index contributed by atoms with van der Waals surface area (Å²) in [5.41, 5.74) is -1.79. The number of nitriles is 1. The number of amides is 5. The van der Waals surface area contributed by atoms with Crippen LogP contribution in [0.4, 0.5) is 23.2 Å². The number of nitrogens with zero attached hydrogens (tertiary/aromatic N) is 3. The molecule has 2 N–H and O–H groups in total. The van der Waals surface area contributed by atoms with Crippen LogP contribution in [0, 0.1) is 22.6 Å². The zero-order chi connectivity index (χ0) is 39.7. The maximum Gasteiger partial charge on any atom is 0.417 e. The zero-order valence-corrected chi connectivity index (χ0v) is 29.6. The Morgan fingerprint density at radius 1 is 1.00 bits per heavy atom. The van der Waals surface area contributed by atoms with Crippen LogP contribution in [0.5, 0.6) is 11.5 Å². The summed E-state index contributed by atoms with van der Waals surface area (Å²) in [5.74, 6) is -3.68. The van der Waals surface area contributed by atoms with Crippen LogP contribution in [0.1, 0.15) is 64.1 Å². The van der Waals surface area contributed by atoms with E-state index in [1.165, 1.54) is 41.3 Å². The fourth-order valence-electron chi connectivity index (χ4n) is 6.74. The number of carbonyl (C=O) groups excluding carboxylic acids is 5. The van der Waals surface area contributed by atoms with Gasteiger partial charge in [0.25, 0.3) is 17.7 Å². The molecule has 2 saturated heterocycles. The molecule has 0 spiro atoms. The number of anilines is 1. The number of benzene rings is 3. The molecule has 2 atom stereocenters. The molecule has 0 aromatic heterocycles. The minimum absolute atomic E-state index is 0.00311. The molecular formula is C38H35F4N5O8. The van der Waals surface area contributed by atoms with Gasteiger partial charge in [0.15, 0.2) is 6.10 Å². The molecule has 5 amide bonds. The topological polar surface area (TPSA) is 167 Å². The summed E-state index contributed by atoms with van der Waals surface area (Å²) in [4.78, 5) is 65.6. The number of rotatable bonds is 13. The minimum atomic E-state index is -4.79. The first-order valence-corrected chi connectivity index (χ1v) is 17.2. The lowest BCUT2D eigenvalue weighted by atomic mass is 9.89. The smallest absolute Gasteiger partial charge is 0.417 e. The van der Waals surface area contributed by atoms with Crippen molar-refractivity contribution in [2.45, 2.75) is 51.6 Å². The molecule has 0 aliphatic carbocycles. The lowest BCUT2D eigenvalue weighted by Gasteiger charge is -2.27. The Morgan fingerprint density at radius 3 is 2.49 bits per heavy atom. The fraction of sp³-hybridized carbons (Fsp3) is 0.368. The second-order valence-electron chi connectivity index (χ2n) is 13.8. The van der Waals surface area contributed by atoms with Gasteiger partial charge in [0.2, 0.25) is 11.8 Å². The van der Waals surface area contributed by atoms with Crippen molar-refractivity contribution in [2.75, 3.05) is 38.2 Å². The third-order valence-corrected chi connectivity index (χ3v) is 9.42. The van der Waals surface area contributed by atoms with Gasteiger partial charge in [-0.1, -0.05) is 26.0 Å². The number of hydrogen-bond acceptors (Lipinski definition) is 10. The molecule has 3 aromatic rings. The molecule has 6 rings (SSSR count). The van der Waals surface area contributed by atoms with Gasteiger partial charge >= 0.3 is 6.18 Å². The summed E-state index contributed by atoms with van der Waals surface area (Å²) in [6, 6.07) is 12.2. The molecule has 0 saturated carbocycles. The number of hydrogen-bond donors (Lipinski definition) is 2. The van der Waals surface area contributed by atoms with Crippen molar-refractivity contribution in [3.63, 3.8) is 0 Å². The normalized spacial score (nSPS) is 19.3. The third kappa shape index (κ3) is 8.09. The van der Waals surface area contributed by atoms with Crippen molar-refractivity contribution in [1.29, 1.82) is 5.26 Å². The molecule has 17 heteroatoms. The maximum absolute atomic E-state index is 15.2. The number of fused-ring (bicyclic) bond motifs is 1. The maximum atomic E-state index is 15.2. The number of nitrogens with one attached hydrogen (secondary N) is 2. The van der Waals surface area contributed by atoms with Crippen LogP contribution in [0.25, 0.3) is 0 Å². The highest BCUT2D eigenvalue weighted by Crippen LogP contribution is 2.39. The third-order valence-electron chi connectivity index (χ3n) is 9.42. The average molecular weight is 766 g/mol. The predicted octanol–water partition coefficient (Wildman–Crippen LogP) is 4.44. The molecule has 3 heterocycles. The summed E-state index contributed by atoms with van der Waals surface area (Å²) >= 11 is 0. The van der Waals surface area contributed by atoms with Crippen molar-refractivity contribution < 1.29 is 55.7 Å². The number of carbonyl (C=O) groups is 5. The largest absolute Gasteiger partial charge is 0.490 e. The summed E-state index contributed by atoms with van der Waals surface area (Å²) in [7, 11) is 0. The molecular weight excluding hydrogens is 730 g/mol. The Labute approximate surface area is 312 Å². The number of piperidine rings is 1. The van der Waals surface area contributed by atoms with E-state index in [1.807, 2.05) is 0 Å². The van der Waals surface area contributed by atoms with Crippen LogP contribution in [-0.4, -0.2) is 84.4 Å². The lowest BCUT2D eigenvalue weighted by Crippen LogP contribution is -2.54. The quantitative estimate of drug-likeness (QED) is 0.144. The molecule has 2 unspecified atom stereocenters. The zero-order valence-electron chi connectivity index (χ0n) is 29.6. The van der Waals surface area contributed by atoms with Crippen LogP contribution in [0.15, 0.2) is 54.6 Å². The molecule has 3 aliphatic heterocycles. The van der Waals surface area contributed by atoms with Gasteiger partial charge in [0.1, 0.15) is 30.0 Å². The fourth-order valence-corrected chi connectivity index (χ4v) is 6.74. The van der Waals surface area contributed by atoms with Gasteiger partial charge in [-0.2, -0.15) is 18.4 Å². The number of imide groups is 2. The first-order chi connectivity index (χ1) is 26.1. The van der Waals surface area contributed by atoms with Gasteiger partial charge in [0.05, 0.1) is 41.5 Å². The molecule has 13 nitrogen and oxygen atoms in total. The van der Waals surface area contributed by atoms with E-state index in [-0.39, 0.29) is 80.5 Å². The van der Waals surface area contributed by atoms with Crippen LogP contribution in [-0.2, 0) is 31.8 Å². The molecule has 288 valence electrons. The molecule has 0 bridgehead atoms. The Balaban J connectivity index is 0.960. The van der Waals surface area contributed by atoms with Crippen LogP contribution in [0.3, 0.4) is 0 Å². The van der Waals surface area contributed by atoms with Crippen LogP contribution in [0.2, 0.25) is 0 Å². The second-order valence-corrected chi connectivity index (χ2v) is 13.8. The highest BCUT2D eigenvalue weighted by Gasteiger charge is 2.49. The Hall–Kier alpha value is -6.02. The second kappa shape index (κ2) is 15.4. The van der Waals surface area contributed by atoms with E-state index in [0.717, 1.165) is 11.0 Å². The minimum Gasteiger partial charge on any atom is -0.490 e. The highest BCUT2D eigenvalue weighted by atomic mass is 19.4. The summed E-state index contributed by atoms with van der Waals surface area (Å²) in [6.45, 7) is 4.11. The van der Waals surface area contributed by atoms with E-state index in [1.54, 1.807) is 26.0 Å². The number of ether oxygens (including phenoxy) is 3. The highest BCUT2D eigenvalue weighted by molar-refractivity contribution is 6.24. The molecule has 0 radical (unpaired) electrons. The van der Waals surface area contributed by atoms with E-state index in [9.17, 15) is 37.1 Å². The van der Waals surface area contributed by atoms with Gasteiger partial charge in [-0.3, -0.25) is 34.2 Å². The average Bonchev–Trinajstić information content (AvgIpc) is 3.51. The van der Waals surface area contributed by atoms with Crippen molar-refractivity contribution in [1.82, 2.24) is 15.1 Å². The van der Waals surface area contributed by atoms with Gasteiger partial charge in [-0.25, -0.2) is 4.39 Å². The van der Waals surface area contributed by atoms with Crippen molar-refractivity contribution in [3.05, 3.63) is 88.2 Å². The van der Waals surface area contributed by atoms with Crippen molar-refractivity contribution >= 4 is 35.2 Å². The summed E-state index contributed by atoms with van der Waals surface area (Å²) in [6.07, 6.45) is -5.91. The summed E-state index contributed by atoms with van der Waals surface area (Å²) < 4.78 is 72.7. The standard InChI is InChI=1S/C38H35F4N5O8/c1-37(2)20-46(36(52)32(37)55-24-9-7-21(18-43)26(17-24)38(40,41)42)19-22-6-8-23(16-27(22)39)44-12-13-53-14-15-54-29-5-3-4-25-31(29)35(51)47(34(25)50)28-10-11-30(48)45-33(28)49/h3-9,16-17,28,32,44H,10-15,19-20H2,1-2H3,(H,45,48,49). The van der Waals surface area contributed by atoms with E-state index >= 15 is 4.39 Å². The number of halogens is 4. The first-order valence-electron chi connectivity index (χ1n) is 17.2. The molecule has 3 aromatic carbocycles. The summed E-state index contributed by atoms with van der Waals surface area (Å²) in [5, 5.41) is 14.2.